The summed E-state index contributed by atoms with van der Waals surface area (Å²) < 4.78 is 0. The normalized spacial score (nSPS) is 14.5. The van der Waals surface area contributed by atoms with E-state index in [2.05, 4.69) is 4.98 Å². The van der Waals surface area contributed by atoms with Crippen molar-refractivity contribution in [3.63, 3.8) is 0 Å². The smallest absolute Gasteiger partial charge is 0.254 e. The fraction of sp³-hybridized carbons (Fsp3) is 0.250. The molecule has 1 aromatic heterocycles. The molecule has 1 aliphatic carbocycles. The van der Waals surface area contributed by atoms with Crippen LogP contribution < -0.4 is 0 Å². The maximum absolute atomic E-state index is 13.1. The van der Waals surface area contributed by atoms with Crippen LogP contribution in [0.3, 0.4) is 0 Å². The van der Waals surface area contributed by atoms with Gasteiger partial charge in [-0.05, 0) is 59.7 Å². The van der Waals surface area contributed by atoms with Gasteiger partial charge in [-0.25, -0.2) is 0 Å². The van der Waals surface area contributed by atoms with E-state index in [1.165, 1.54) is 0 Å². The first-order valence-electron chi connectivity index (χ1n) is 9.66. The van der Waals surface area contributed by atoms with Crippen molar-refractivity contribution in [3.05, 3.63) is 89.7 Å². The Hall–Kier alpha value is -2.98. The van der Waals surface area contributed by atoms with Crippen LogP contribution in [0.5, 0.6) is 0 Å². The molecule has 2 aromatic carbocycles. The molecule has 0 aliphatic heterocycles. The van der Waals surface area contributed by atoms with Gasteiger partial charge in [-0.1, -0.05) is 42.5 Å². The van der Waals surface area contributed by atoms with Gasteiger partial charge < -0.3 is 10.0 Å². The van der Waals surface area contributed by atoms with Crippen LogP contribution in [-0.2, 0) is 6.61 Å². The van der Waals surface area contributed by atoms with Crippen LogP contribution in [0.2, 0.25) is 0 Å². The number of hydrogen-bond donors (Lipinski definition) is 1. The SMILES string of the molecule is CN(C(=O)c1ccc(-c2ccccc2CO)cc1)[C@H](c1ccccn1)C1CC1. The van der Waals surface area contributed by atoms with Crippen molar-refractivity contribution in [1.82, 2.24) is 9.88 Å². The molecule has 0 spiro atoms. The summed E-state index contributed by atoms with van der Waals surface area (Å²) in [6.45, 7) is -0.00721. The second-order valence-electron chi connectivity index (χ2n) is 7.35. The van der Waals surface area contributed by atoms with Gasteiger partial charge >= 0.3 is 0 Å². The number of aromatic nitrogens is 1. The molecule has 1 N–H and O–H groups in total. The standard InChI is InChI=1S/C24H24N2O2/c1-26(23(18-11-12-18)22-8-4-5-15-25-22)24(28)19-13-9-17(10-14-19)21-7-3-2-6-20(21)16-27/h2-10,13-15,18,23,27H,11-12,16H2,1H3/t23-/m0/s1. The lowest BCUT2D eigenvalue weighted by Crippen LogP contribution is -2.33. The number of aliphatic hydroxyl groups is 1. The molecule has 1 aliphatic rings. The Morgan fingerprint density at radius 3 is 2.43 bits per heavy atom. The summed E-state index contributed by atoms with van der Waals surface area (Å²) in [7, 11) is 1.87. The monoisotopic (exact) mass is 372 g/mol. The molecular formula is C24H24N2O2. The average molecular weight is 372 g/mol. The van der Waals surface area contributed by atoms with Crippen LogP contribution in [0.15, 0.2) is 72.9 Å². The number of pyridine rings is 1. The maximum Gasteiger partial charge on any atom is 0.254 e. The highest BCUT2D eigenvalue weighted by molar-refractivity contribution is 5.95. The topological polar surface area (TPSA) is 53.4 Å². The Morgan fingerprint density at radius 1 is 1.07 bits per heavy atom. The van der Waals surface area contributed by atoms with Gasteiger partial charge in [-0.2, -0.15) is 0 Å². The Morgan fingerprint density at radius 2 is 1.79 bits per heavy atom. The van der Waals surface area contributed by atoms with Crippen LogP contribution in [0.25, 0.3) is 11.1 Å². The van der Waals surface area contributed by atoms with E-state index < -0.39 is 0 Å². The Kier molecular flexibility index (Phi) is 5.22. The summed E-state index contributed by atoms with van der Waals surface area (Å²) in [5, 5.41) is 9.56. The van der Waals surface area contributed by atoms with Gasteiger partial charge in [-0.15, -0.1) is 0 Å². The first kappa shape index (κ1) is 18.4. The van der Waals surface area contributed by atoms with Crippen LogP contribution in [0.1, 0.15) is 40.5 Å². The van der Waals surface area contributed by atoms with Gasteiger partial charge in [0.2, 0.25) is 0 Å². The first-order valence-corrected chi connectivity index (χ1v) is 9.66. The van der Waals surface area contributed by atoms with Crippen LogP contribution >= 0.6 is 0 Å². The molecule has 1 fully saturated rings. The lowest BCUT2D eigenvalue weighted by molar-refractivity contribution is 0.0707. The van der Waals surface area contributed by atoms with Crippen molar-refractivity contribution in [3.8, 4) is 11.1 Å². The molecular weight excluding hydrogens is 348 g/mol. The number of amides is 1. The largest absolute Gasteiger partial charge is 0.392 e. The highest BCUT2D eigenvalue weighted by Crippen LogP contribution is 2.43. The lowest BCUT2D eigenvalue weighted by Gasteiger charge is -2.28. The lowest BCUT2D eigenvalue weighted by atomic mass is 9.98. The van der Waals surface area contributed by atoms with E-state index in [0.29, 0.717) is 11.5 Å². The fourth-order valence-corrected chi connectivity index (χ4v) is 3.78. The van der Waals surface area contributed by atoms with Crippen molar-refractivity contribution in [2.45, 2.75) is 25.5 Å². The van der Waals surface area contributed by atoms with E-state index in [4.69, 9.17) is 0 Å². The molecule has 0 bridgehead atoms. The predicted molar refractivity (Wildman–Crippen MR) is 110 cm³/mol. The highest BCUT2D eigenvalue weighted by Gasteiger charge is 2.37. The minimum atomic E-state index is -0.00721. The van der Waals surface area contributed by atoms with Gasteiger partial charge in [0.1, 0.15) is 0 Å². The Labute approximate surface area is 165 Å². The van der Waals surface area contributed by atoms with Gasteiger partial charge in [0.25, 0.3) is 5.91 Å². The molecule has 4 nitrogen and oxygen atoms in total. The fourth-order valence-electron chi connectivity index (χ4n) is 3.78. The summed E-state index contributed by atoms with van der Waals surface area (Å²) in [4.78, 5) is 19.4. The van der Waals surface area contributed by atoms with Gasteiger partial charge in [-0.3, -0.25) is 9.78 Å². The zero-order chi connectivity index (χ0) is 19.5. The third kappa shape index (κ3) is 3.69. The molecule has 1 amide bonds. The maximum atomic E-state index is 13.1. The third-order valence-electron chi connectivity index (χ3n) is 5.43. The minimum absolute atomic E-state index is 0.00421. The molecule has 0 radical (unpaired) electrons. The second-order valence-corrected chi connectivity index (χ2v) is 7.35. The molecule has 0 unspecified atom stereocenters. The molecule has 1 saturated carbocycles. The molecule has 0 saturated heterocycles. The Bertz CT molecular complexity index is 950. The number of carbonyl (C=O) groups excluding carboxylic acids is 1. The van der Waals surface area contributed by atoms with Gasteiger partial charge in [0, 0.05) is 18.8 Å². The Balaban J connectivity index is 1.58. The van der Waals surface area contributed by atoms with Crippen LogP contribution in [0, 0.1) is 5.92 Å². The van der Waals surface area contributed by atoms with Crippen molar-refractivity contribution in [1.29, 1.82) is 0 Å². The summed E-state index contributed by atoms with van der Waals surface area (Å²) in [5.74, 6) is 0.490. The van der Waals surface area contributed by atoms with Crippen molar-refractivity contribution in [2.75, 3.05) is 7.05 Å². The van der Waals surface area contributed by atoms with Crippen molar-refractivity contribution >= 4 is 5.91 Å². The van der Waals surface area contributed by atoms with Gasteiger partial charge in [0.15, 0.2) is 0 Å². The molecule has 4 heteroatoms. The zero-order valence-electron chi connectivity index (χ0n) is 16.0. The minimum Gasteiger partial charge on any atom is -0.392 e. The molecule has 3 aromatic rings. The zero-order valence-corrected chi connectivity index (χ0v) is 16.0. The van der Waals surface area contributed by atoms with E-state index in [-0.39, 0.29) is 18.6 Å². The van der Waals surface area contributed by atoms with Crippen molar-refractivity contribution < 1.29 is 9.90 Å². The summed E-state index contributed by atoms with van der Waals surface area (Å²) in [6.07, 6.45) is 4.06. The first-order chi connectivity index (χ1) is 13.7. The number of aliphatic hydroxyl groups excluding tert-OH is 1. The van der Waals surface area contributed by atoms with E-state index in [1.54, 1.807) is 6.20 Å². The quantitative estimate of drug-likeness (QED) is 0.695. The number of benzene rings is 2. The van der Waals surface area contributed by atoms with Crippen molar-refractivity contribution in [2.24, 2.45) is 5.92 Å². The van der Waals surface area contributed by atoms with E-state index in [9.17, 15) is 9.90 Å². The van der Waals surface area contributed by atoms with E-state index >= 15 is 0 Å². The molecule has 1 heterocycles. The third-order valence-corrected chi connectivity index (χ3v) is 5.43. The number of hydrogen-bond acceptors (Lipinski definition) is 3. The average Bonchev–Trinajstić information content (AvgIpc) is 3.59. The number of carbonyl (C=O) groups is 1. The van der Waals surface area contributed by atoms with Crippen LogP contribution in [0.4, 0.5) is 0 Å². The second kappa shape index (κ2) is 7.95. The molecule has 4 rings (SSSR count). The number of nitrogens with zero attached hydrogens (tertiary/aromatic N) is 2. The highest BCUT2D eigenvalue weighted by atomic mass is 16.3. The van der Waals surface area contributed by atoms with Crippen LogP contribution in [-0.4, -0.2) is 27.9 Å². The van der Waals surface area contributed by atoms with E-state index in [1.807, 2.05) is 78.7 Å². The molecule has 28 heavy (non-hydrogen) atoms. The predicted octanol–water partition coefficient (Wildman–Crippen LogP) is 4.46. The summed E-state index contributed by atoms with van der Waals surface area (Å²) in [6, 6.07) is 21.3. The summed E-state index contributed by atoms with van der Waals surface area (Å²) >= 11 is 0. The van der Waals surface area contributed by atoms with E-state index in [0.717, 1.165) is 35.2 Å². The molecule has 1 atom stereocenters. The number of rotatable bonds is 6. The molecule has 142 valence electrons. The summed E-state index contributed by atoms with van der Waals surface area (Å²) in [5.41, 5.74) is 4.47. The van der Waals surface area contributed by atoms with Gasteiger partial charge in [0.05, 0.1) is 18.3 Å².